The average molecular weight is 404 g/mol. The molecule has 0 aliphatic heterocycles. The molecule has 7 heteroatoms. The number of alkyl halides is 1. The largest absolute Gasteiger partial charge is 0.356 e. The molecule has 2 atom stereocenters. The molecule has 5 rings (SSSR count). The summed E-state index contributed by atoms with van der Waals surface area (Å²) in [5, 5.41) is 6.09. The van der Waals surface area contributed by atoms with E-state index in [2.05, 4.69) is 20.6 Å². The van der Waals surface area contributed by atoms with Crippen LogP contribution in [0, 0.1) is 5.92 Å². The Morgan fingerprint density at radius 3 is 2.73 bits per heavy atom. The van der Waals surface area contributed by atoms with Crippen LogP contribution in [0.3, 0.4) is 0 Å². The van der Waals surface area contributed by atoms with Gasteiger partial charge in [-0.2, -0.15) is 0 Å². The van der Waals surface area contributed by atoms with Gasteiger partial charge in [-0.3, -0.25) is 9.59 Å². The van der Waals surface area contributed by atoms with Crippen LogP contribution >= 0.6 is 0 Å². The first kappa shape index (κ1) is 18.5. The van der Waals surface area contributed by atoms with Gasteiger partial charge in [0.1, 0.15) is 12.0 Å². The van der Waals surface area contributed by atoms with Crippen molar-refractivity contribution in [3.8, 4) is 11.3 Å². The van der Waals surface area contributed by atoms with Crippen LogP contribution in [-0.2, 0) is 11.2 Å². The highest BCUT2D eigenvalue weighted by atomic mass is 19.1. The molecule has 6 nitrogen and oxygen atoms in total. The predicted octanol–water partition coefficient (Wildman–Crippen LogP) is 4.64. The van der Waals surface area contributed by atoms with Crippen LogP contribution in [0.15, 0.2) is 48.7 Å². The Labute approximate surface area is 172 Å². The fourth-order valence-electron chi connectivity index (χ4n) is 3.91. The maximum absolute atomic E-state index is 13.2. The maximum Gasteiger partial charge on any atom is 0.231 e. The number of para-hydroxylation sites is 1. The summed E-state index contributed by atoms with van der Waals surface area (Å²) in [5.41, 5.74) is 4.78. The number of benzene rings is 1. The van der Waals surface area contributed by atoms with Gasteiger partial charge >= 0.3 is 0 Å². The van der Waals surface area contributed by atoms with Crippen LogP contribution in [0.4, 0.5) is 21.6 Å². The van der Waals surface area contributed by atoms with Gasteiger partial charge in [0.25, 0.3) is 0 Å². The SMILES string of the molecule is O=C1CCCc2[nH]c(-c3ccnc(NC(=O)[C@@H]4C[C@@H]4F)c3)c(Nc3ccccc3)c21. The number of carbonyl (C=O) groups excluding carboxylic acids is 2. The molecule has 2 aliphatic rings. The van der Waals surface area contributed by atoms with Crippen LogP contribution in [0.2, 0.25) is 0 Å². The van der Waals surface area contributed by atoms with Crippen LogP contribution in [0.5, 0.6) is 0 Å². The summed E-state index contributed by atoms with van der Waals surface area (Å²) in [6.07, 6.45) is 2.95. The molecule has 0 saturated heterocycles. The second-order valence-corrected chi connectivity index (χ2v) is 7.77. The second kappa shape index (κ2) is 7.40. The number of nitrogens with one attached hydrogen (secondary N) is 3. The molecule has 0 unspecified atom stereocenters. The number of anilines is 3. The van der Waals surface area contributed by atoms with Crippen molar-refractivity contribution in [3.63, 3.8) is 0 Å². The molecule has 1 saturated carbocycles. The lowest BCUT2D eigenvalue weighted by molar-refractivity contribution is -0.117. The van der Waals surface area contributed by atoms with Gasteiger partial charge < -0.3 is 15.6 Å². The topological polar surface area (TPSA) is 86.9 Å². The number of nitrogens with zero attached hydrogens (tertiary/aromatic N) is 1. The average Bonchev–Trinajstić information content (AvgIpc) is 3.37. The highest BCUT2D eigenvalue weighted by molar-refractivity contribution is 6.07. The Morgan fingerprint density at radius 1 is 1.17 bits per heavy atom. The van der Waals surface area contributed by atoms with Crippen molar-refractivity contribution in [3.05, 3.63) is 59.9 Å². The van der Waals surface area contributed by atoms with E-state index in [0.717, 1.165) is 41.2 Å². The van der Waals surface area contributed by atoms with Crippen molar-refractivity contribution in [1.82, 2.24) is 9.97 Å². The molecule has 2 aliphatic carbocycles. The summed E-state index contributed by atoms with van der Waals surface area (Å²) < 4.78 is 13.2. The monoisotopic (exact) mass is 404 g/mol. The third kappa shape index (κ3) is 3.47. The number of hydrogen-bond donors (Lipinski definition) is 3. The number of halogens is 1. The predicted molar refractivity (Wildman–Crippen MR) is 113 cm³/mol. The Kier molecular flexibility index (Phi) is 4.58. The number of carbonyl (C=O) groups is 2. The Bertz CT molecular complexity index is 1130. The van der Waals surface area contributed by atoms with Crippen LogP contribution < -0.4 is 10.6 Å². The molecule has 2 aromatic heterocycles. The minimum atomic E-state index is -1.06. The van der Waals surface area contributed by atoms with E-state index in [0.29, 0.717) is 17.8 Å². The van der Waals surface area contributed by atoms with Crippen LogP contribution in [0.1, 0.15) is 35.3 Å². The van der Waals surface area contributed by atoms with E-state index in [9.17, 15) is 14.0 Å². The Morgan fingerprint density at radius 2 is 1.97 bits per heavy atom. The summed E-state index contributed by atoms with van der Waals surface area (Å²) >= 11 is 0. The van der Waals surface area contributed by atoms with Gasteiger partial charge in [0.15, 0.2) is 5.78 Å². The zero-order valence-electron chi connectivity index (χ0n) is 16.2. The molecular formula is C23H21FN4O2. The van der Waals surface area contributed by atoms with Crippen molar-refractivity contribution in [2.45, 2.75) is 31.9 Å². The molecule has 0 spiro atoms. The number of Topliss-reactive ketones (excluding diaryl/α,β-unsaturated/α-hetero) is 1. The summed E-state index contributed by atoms with van der Waals surface area (Å²) in [7, 11) is 0. The molecule has 0 bridgehead atoms. The number of H-pyrrole nitrogens is 1. The number of pyridine rings is 1. The lowest BCUT2D eigenvalue weighted by Gasteiger charge is -2.14. The molecule has 152 valence electrons. The van der Waals surface area contributed by atoms with Crippen molar-refractivity contribution < 1.29 is 14.0 Å². The van der Waals surface area contributed by atoms with E-state index < -0.39 is 12.1 Å². The second-order valence-electron chi connectivity index (χ2n) is 7.77. The number of fused-ring (bicyclic) bond motifs is 1. The van der Waals surface area contributed by atoms with E-state index in [4.69, 9.17) is 0 Å². The van der Waals surface area contributed by atoms with E-state index >= 15 is 0 Å². The van der Waals surface area contributed by atoms with E-state index in [1.807, 2.05) is 36.4 Å². The number of rotatable bonds is 5. The summed E-state index contributed by atoms with van der Waals surface area (Å²) in [4.78, 5) is 32.4. The normalized spacial score (nSPS) is 19.8. The van der Waals surface area contributed by atoms with Gasteiger partial charge in [0.05, 0.1) is 22.9 Å². The van der Waals surface area contributed by atoms with Gasteiger partial charge in [-0.05, 0) is 43.5 Å². The zero-order chi connectivity index (χ0) is 20.7. The molecule has 30 heavy (non-hydrogen) atoms. The minimum Gasteiger partial charge on any atom is -0.356 e. The maximum atomic E-state index is 13.2. The molecule has 1 fully saturated rings. The Balaban J connectivity index is 1.53. The molecular weight excluding hydrogens is 383 g/mol. The molecule has 1 aromatic carbocycles. The van der Waals surface area contributed by atoms with Gasteiger partial charge in [0, 0.05) is 29.6 Å². The molecule has 3 N–H and O–H groups in total. The first-order valence-electron chi connectivity index (χ1n) is 10.1. The number of aromatic amines is 1. The van der Waals surface area contributed by atoms with Crippen molar-refractivity contribution in [2.75, 3.05) is 10.6 Å². The third-order valence-electron chi connectivity index (χ3n) is 5.58. The number of aromatic nitrogens is 2. The van der Waals surface area contributed by atoms with Crippen LogP contribution in [0.25, 0.3) is 11.3 Å². The standard InChI is InChI=1S/C23H21FN4O2/c24-16-12-15(16)23(30)28-19-11-13(9-10-25-19)21-22(26-14-5-2-1-3-6-14)20-17(27-21)7-4-8-18(20)29/h1-3,5-6,9-11,15-16,26-27H,4,7-8,12H2,(H,25,28,30)/t15-,16+/m1/s1. The molecule has 3 aromatic rings. The number of amides is 1. The minimum absolute atomic E-state index is 0.113. The summed E-state index contributed by atoms with van der Waals surface area (Å²) in [5.74, 6) is -0.458. The van der Waals surface area contributed by atoms with Gasteiger partial charge in [-0.25, -0.2) is 9.37 Å². The molecule has 0 radical (unpaired) electrons. The Hall–Kier alpha value is -3.48. The van der Waals surface area contributed by atoms with Crippen molar-refractivity contribution in [2.24, 2.45) is 5.92 Å². The zero-order valence-corrected chi connectivity index (χ0v) is 16.2. The van der Waals surface area contributed by atoms with E-state index in [1.54, 1.807) is 12.3 Å². The lowest BCUT2D eigenvalue weighted by atomic mass is 9.95. The number of ketones is 1. The molecule has 1 amide bonds. The highest BCUT2D eigenvalue weighted by Crippen LogP contribution is 2.39. The van der Waals surface area contributed by atoms with Crippen LogP contribution in [-0.4, -0.2) is 27.8 Å². The van der Waals surface area contributed by atoms with Gasteiger partial charge in [-0.15, -0.1) is 0 Å². The van der Waals surface area contributed by atoms with Crippen molar-refractivity contribution >= 4 is 28.9 Å². The highest BCUT2D eigenvalue weighted by Gasteiger charge is 2.43. The van der Waals surface area contributed by atoms with Crippen molar-refractivity contribution in [1.29, 1.82) is 0 Å². The number of hydrogen-bond acceptors (Lipinski definition) is 4. The van der Waals surface area contributed by atoms with Gasteiger partial charge in [-0.1, -0.05) is 18.2 Å². The lowest BCUT2D eigenvalue weighted by Crippen LogP contribution is -2.15. The van der Waals surface area contributed by atoms with Gasteiger partial charge in [0.2, 0.25) is 5.91 Å². The van der Waals surface area contributed by atoms with E-state index in [-0.39, 0.29) is 18.1 Å². The fraction of sp³-hybridized carbons (Fsp3) is 0.261. The molecule has 2 heterocycles. The summed E-state index contributed by atoms with van der Waals surface area (Å²) in [6, 6.07) is 13.2. The summed E-state index contributed by atoms with van der Waals surface area (Å²) in [6.45, 7) is 0. The first-order valence-corrected chi connectivity index (χ1v) is 10.1. The quantitative estimate of drug-likeness (QED) is 0.578. The first-order chi connectivity index (χ1) is 14.6. The smallest absolute Gasteiger partial charge is 0.231 e. The number of aryl methyl sites for hydroxylation is 1. The fourth-order valence-corrected chi connectivity index (χ4v) is 3.91. The van der Waals surface area contributed by atoms with E-state index in [1.165, 1.54) is 0 Å². The third-order valence-corrected chi connectivity index (χ3v) is 5.58.